The van der Waals surface area contributed by atoms with Crippen LogP contribution in [-0.2, 0) is 0 Å². The van der Waals surface area contributed by atoms with Gasteiger partial charge < -0.3 is 5.32 Å². The Hall–Kier alpha value is -1.44. The number of hydrogen-bond donors (Lipinski definition) is 1. The second kappa shape index (κ2) is 5.58. The zero-order valence-electron chi connectivity index (χ0n) is 13.2. The topological polar surface area (TPSA) is 12.0 Å². The van der Waals surface area contributed by atoms with Crippen molar-refractivity contribution in [3.63, 3.8) is 0 Å². The third-order valence-corrected chi connectivity index (χ3v) is 5.81. The molecule has 2 aliphatic rings. The fourth-order valence-corrected chi connectivity index (χ4v) is 4.63. The predicted molar refractivity (Wildman–Crippen MR) is 98.7 cm³/mol. The summed E-state index contributed by atoms with van der Waals surface area (Å²) in [6.07, 6.45) is 5.76. The molecule has 118 valence electrons. The van der Waals surface area contributed by atoms with Crippen molar-refractivity contribution >= 4 is 28.9 Å². The van der Waals surface area contributed by atoms with Crippen LogP contribution < -0.4 is 5.32 Å². The molecule has 0 saturated carbocycles. The number of aryl methyl sites for hydroxylation is 2. The number of allylic oxidation sites excluding steroid dienone is 2. The molecule has 4 rings (SSSR count). The van der Waals surface area contributed by atoms with Crippen molar-refractivity contribution in [2.45, 2.75) is 32.2 Å². The molecule has 23 heavy (non-hydrogen) atoms. The minimum Gasteiger partial charge on any atom is -0.377 e. The highest BCUT2D eigenvalue weighted by Crippen LogP contribution is 2.52. The maximum atomic E-state index is 6.51. The van der Waals surface area contributed by atoms with Gasteiger partial charge in [0.05, 0.1) is 6.04 Å². The Morgan fingerprint density at radius 3 is 2.61 bits per heavy atom. The molecule has 0 bridgehead atoms. The SMILES string of the molecule is Cc1ccc(C)c2c1N[C@H](c1ccc(Cl)cc1Cl)[C@H]1CC=C[C@@H]21. The molecular weight excluding hydrogens is 325 g/mol. The van der Waals surface area contributed by atoms with Gasteiger partial charge in [0.2, 0.25) is 0 Å². The summed E-state index contributed by atoms with van der Waals surface area (Å²) in [6.45, 7) is 4.38. The van der Waals surface area contributed by atoms with Crippen molar-refractivity contribution in [1.82, 2.24) is 0 Å². The van der Waals surface area contributed by atoms with E-state index in [0.29, 0.717) is 16.9 Å². The molecule has 0 radical (unpaired) electrons. The Bertz CT molecular complexity index is 810. The fraction of sp³-hybridized carbons (Fsp3) is 0.300. The first-order valence-corrected chi connectivity index (χ1v) is 8.80. The van der Waals surface area contributed by atoms with Gasteiger partial charge in [-0.2, -0.15) is 0 Å². The van der Waals surface area contributed by atoms with E-state index in [9.17, 15) is 0 Å². The van der Waals surface area contributed by atoms with E-state index >= 15 is 0 Å². The first-order valence-electron chi connectivity index (χ1n) is 8.04. The van der Waals surface area contributed by atoms with Gasteiger partial charge in [-0.25, -0.2) is 0 Å². The Morgan fingerprint density at radius 2 is 1.83 bits per heavy atom. The van der Waals surface area contributed by atoms with Crippen molar-refractivity contribution in [3.8, 4) is 0 Å². The van der Waals surface area contributed by atoms with E-state index < -0.39 is 0 Å². The summed E-state index contributed by atoms with van der Waals surface area (Å²) in [5.41, 5.74) is 6.51. The molecule has 1 aliphatic carbocycles. The lowest BCUT2D eigenvalue weighted by atomic mass is 9.75. The van der Waals surface area contributed by atoms with Gasteiger partial charge in [0.25, 0.3) is 0 Å². The van der Waals surface area contributed by atoms with Crippen LogP contribution in [0.3, 0.4) is 0 Å². The van der Waals surface area contributed by atoms with E-state index in [-0.39, 0.29) is 6.04 Å². The summed E-state index contributed by atoms with van der Waals surface area (Å²) in [4.78, 5) is 0. The van der Waals surface area contributed by atoms with Crippen molar-refractivity contribution in [2.75, 3.05) is 5.32 Å². The van der Waals surface area contributed by atoms with Crippen LogP contribution in [-0.4, -0.2) is 0 Å². The molecule has 0 spiro atoms. The Kier molecular flexibility index (Phi) is 3.66. The third-order valence-electron chi connectivity index (χ3n) is 5.24. The third kappa shape index (κ3) is 2.38. The molecule has 1 nitrogen and oxygen atoms in total. The summed E-state index contributed by atoms with van der Waals surface area (Å²) in [6, 6.07) is 10.5. The van der Waals surface area contributed by atoms with Gasteiger partial charge in [-0.05, 0) is 60.6 Å². The first kappa shape index (κ1) is 15.1. The number of nitrogens with one attached hydrogen (secondary N) is 1. The highest BCUT2D eigenvalue weighted by Gasteiger charge is 2.39. The Balaban J connectivity index is 1.86. The number of benzene rings is 2. The minimum atomic E-state index is 0.216. The highest BCUT2D eigenvalue weighted by atomic mass is 35.5. The first-order chi connectivity index (χ1) is 11.1. The van der Waals surface area contributed by atoms with Crippen molar-refractivity contribution < 1.29 is 0 Å². The molecule has 0 unspecified atom stereocenters. The van der Waals surface area contributed by atoms with Crippen LogP contribution in [0.25, 0.3) is 0 Å². The van der Waals surface area contributed by atoms with Crippen LogP contribution in [0.4, 0.5) is 5.69 Å². The molecule has 0 saturated heterocycles. The minimum absolute atomic E-state index is 0.216. The van der Waals surface area contributed by atoms with Gasteiger partial charge >= 0.3 is 0 Å². The number of rotatable bonds is 1. The molecule has 1 heterocycles. The summed E-state index contributed by atoms with van der Waals surface area (Å²) in [5.74, 6) is 0.963. The molecule has 3 atom stereocenters. The van der Waals surface area contributed by atoms with E-state index in [2.05, 4.69) is 49.5 Å². The van der Waals surface area contributed by atoms with Gasteiger partial charge in [0.15, 0.2) is 0 Å². The largest absolute Gasteiger partial charge is 0.377 e. The van der Waals surface area contributed by atoms with Crippen LogP contribution in [0.2, 0.25) is 10.0 Å². The molecule has 1 aliphatic heterocycles. The lowest BCUT2D eigenvalue weighted by molar-refractivity contribution is 0.424. The standard InChI is InChI=1S/C20H19Cl2N/c1-11-6-7-12(2)19-18(11)14-4-3-5-15(14)20(23-19)16-9-8-13(21)10-17(16)22/h3-4,6-10,14-15,20,23H,5H2,1-2H3/t14-,15+,20+/m1/s1. The highest BCUT2D eigenvalue weighted by molar-refractivity contribution is 6.35. The lowest BCUT2D eigenvalue weighted by Crippen LogP contribution is -2.30. The van der Waals surface area contributed by atoms with Crippen molar-refractivity contribution in [2.24, 2.45) is 5.92 Å². The van der Waals surface area contributed by atoms with E-state index in [0.717, 1.165) is 17.0 Å². The van der Waals surface area contributed by atoms with Gasteiger partial charge in [-0.1, -0.05) is 53.6 Å². The monoisotopic (exact) mass is 343 g/mol. The van der Waals surface area contributed by atoms with Crippen LogP contribution in [0.5, 0.6) is 0 Å². The number of anilines is 1. The van der Waals surface area contributed by atoms with E-state index in [1.165, 1.54) is 22.4 Å². The maximum absolute atomic E-state index is 6.51. The van der Waals surface area contributed by atoms with Gasteiger partial charge in [0.1, 0.15) is 0 Å². The molecular formula is C20H19Cl2N. The summed E-state index contributed by atoms with van der Waals surface area (Å²) in [5, 5.41) is 5.21. The summed E-state index contributed by atoms with van der Waals surface area (Å²) >= 11 is 12.6. The molecule has 2 aromatic carbocycles. The number of fused-ring (bicyclic) bond motifs is 3. The average molecular weight is 344 g/mol. The quantitative estimate of drug-likeness (QED) is 0.587. The van der Waals surface area contributed by atoms with E-state index in [1.807, 2.05) is 12.1 Å². The molecule has 2 aromatic rings. The number of hydrogen-bond acceptors (Lipinski definition) is 1. The maximum Gasteiger partial charge on any atom is 0.0568 e. The van der Waals surface area contributed by atoms with Gasteiger partial charge in [-0.3, -0.25) is 0 Å². The Morgan fingerprint density at radius 1 is 1.04 bits per heavy atom. The fourth-order valence-electron chi connectivity index (χ4n) is 4.10. The normalized spacial score (nSPS) is 25.0. The lowest BCUT2D eigenvalue weighted by Gasteiger charge is -2.39. The van der Waals surface area contributed by atoms with Crippen LogP contribution in [0.15, 0.2) is 42.5 Å². The second-order valence-corrected chi connectivity index (χ2v) is 7.47. The summed E-state index contributed by atoms with van der Waals surface area (Å²) in [7, 11) is 0. The van der Waals surface area contributed by atoms with E-state index in [4.69, 9.17) is 23.2 Å². The smallest absolute Gasteiger partial charge is 0.0568 e. The Labute approximate surface area is 147 Å². The zero-order valence-corrected chi connectivity index (χ0v) is 14.7. The van der Waals surface area contributed by atoms with Crippen molar-refractivity contribution in [3.05, 3.63) is 74.8 Å². The molecule has 1 N–H and O–H groups in total. The molecule has 0 amide bonds. The molecule has 0 aromatic heterocycles. The van der Waals surface area contributed by atoms with E-state index in [1.54, 1.807) is 0 Å². The van der Waals surface area contributed by atoms with Crippen LogP contribution >= 0.6 is 23.2 Å². The van der Waals surface area contributed by atoms with Crippen molar-refractivity contribution in [1.29, 1.82) is 0 Å². The molecule has 3 heteroatoms. The number of halogens is 2. The van der Waals surface area contributed by atoms with Gasteiger partial charge in [0, 0.05) is 21.7 Å². The molecule has 0 fully saturated rings. The van der Waals surface area contributed by atoms with Crippen LogP contribution in [0, 0.1) is 19.8 Å². The zero-order chi connectivity index (χ0) is 16.1. The second-order valence-electron chi connectivity index (χ2n) is 6.63. The van der Waals surface area contributed by atoms with Gasteiger partial charge in [-0.15, -0.1) is 0 Å². The van der Waals surface area contributed by atoms with Crippen LogP contribution in [0.1, 0.15) is 40.6 Å². The predicted octanol–water partition coefficient (Wildman–Crippen LogP) is 6.44. The summed E-state index contributed by atoms with van der Waals surface area (Å²) < 4.78 is 0. The average Bonchev–Trinajstić information content (AvgIpc) is 3.00.